The number of ketones is 1. The van der Waals surface area contributed by atoms with E-state index in [2.05, 4.69) is 20.4 Å². The van der Waals surface area contributed by atoms with Crippen LogP contribution in [0.15, 0.2) is 48.8 Å². The summed E-state index contributed by atoms with van der Waals surface area (Å²) < 4.78 is 30.1. The Labute approximate surface area is 236 Å². The molecule has 210 valence electrons. The highest BCUT2D eigenvalue weighted by Gasteiger charge is 2.35. The standard InChI is InChI=1S/C28H27ClF2N6O2.CH4/c1-16(38)28-23-8-18(20-11-33-17(2)34-12-20)6-7-25(23)37(35-28)15-26(39)36-14-21(30)9-22(36)13-32-10-19-4-3-5-24(29)27(19)31;/h3-8,11-12,21-22,32H,9-10,13-15H2,1-2H3;1H4/t21-,22+;/m1./s1. The number of alkyl halides is 1. The van der Waals surface area contributed by atoms with E-state index >= 15 is 0 Å². The zero-order chi connectivity index (χ0) is 27.7. The third kappa shape index (κ3) is 6.03. The minimum Gasteiger partial charge on any atom is -0.334 e. The average Bonchev–Trinajstić information content (AvgIpc) is 3.47. The molecule has 8 nitrogen and oxygen atoms in total. The number of nitrogens with one attached hydrogen (secondary N) is 1. The van der Waals surface area contributed by atoms with Crippen LogP contribution in [0.5, 0.6) is 0 Å². The van der Waals surface area contributed by atoms with Gasteiger partial charge >= 0.3 is 0 Å². The van der Waals surface area contributed by atoms with Crippen molar-refractivity contribution in [1.82, 2.24) is 30.0 Å². The normalized spacial score (nSPS) is 16.8. The van der Waals surface area contributed by atoms with Crippen LogP contribution in [0.2, 0.25) is 5.02 Å². The molecular formula is C29H31ClF2N6O2. The van der Waals surface area contributed by atoms with Crippen molar-refractivity contribution in [3.05, 3.63) is 76.7 Å². The third-order valence-electron chi connectivity index (χ3n) is 6.89. The first-order valence-corrected chi connectivity index (χ1v) is 13.0. The predicted octanol–water partition coefficient (Wildman–Crippen LogP) is 5.16. The van der Waals surface area contributed by atoms with Gasteiger partial charge in [-0.15, -0.1) is 0 Å². The van der Waals surface area contributed by atoms with Crippen LogP contribution in [-0.4, -0.2) is 61.6 Å². The van der Waals surface area contributed by atoms with Gasteiger partial charge in [0, 0.05) is 61.4 Å². The molecule has 2 aromatic heterocycles. The van der Waals surface area contributed by atoms with Crippen LogP contribution in [0, 0.1) is 12.7 Å². The number of aromatic nitrogens is 4. The summed E-state index contributed by atoms with van der Waals surface area (Å²) in [5, 5.41) is 8.20. The highest BCUT2D eigenvalue weighted by molar-refractivity contribution is 6.30. The van der Waals surface area contributed by atoms with Gasteiger partial charge in [-0.3, -0.25) is 14.3 Å². The smallest absolute Gasteiger partial charge is 0.244 e. The summed E-state index contributed by atoms with van der Waals surface area (Å²) >= 11 is 5.85. The molecule has 1 aliphatic heterocycles. The Balaban J connectivity index is 0.00000370. The van der Waals surface area contributed by atoms with E-state index in [0.29, 0.717) is 28.8 Å². The fraction of sp³-hybridized carbons (Fsp3) is 0.345. The van der Waals surface area contributed by atoms with Crippen molar-refractivity contribution in [2.24, 2.45) is 0 Å². The van der Waals surface area contributed by atoms with Crippen LogP contribution in [0.3, 0.4) is 0 Å². The molecule has 4 aromatic rings. The summed E-state index contributed by atoms with van der Waals surface area (Å²) in [6, 6.07) is 9.85. The Morgan fingerprint density at radius 3 is 2.62 bits per heavy atom. The lowest BCUT2D eigenvalue weighted by Crippen LogP contribution is -2.43. The second-order valence-electron chi connectivity index (χ2n) is 9.69. The molecule has 0 spiro atoms. The van der Waals surface area contributed by atoms with Crippen LogP contribution in [0.25, 0.3) is 22.0 Å². The van der Waals surface area contributed by atoms with Crippen molar-refractivity contribution in [2.45, 2.75) is 53.0 Å². The predicted molar refractivity (Wildman–Crippen MR) is 150 cm³/mol. The Morgan fingerprint density at radius 1 is 1.15 bits per heavy atom. The van der Waals surface area contributed by atoms with E-state index in [9.17, 15) is 18.4 Å². The van der Waals surface area contributed by atoms with Crippen molar-refractivity contribution in [1.29, 1.82) is 0 Å². The molecule has 1 N–H and O–H groups in total. The van der Waals surface area contributed by atoms with Gasteiger partial charge in [0.2, 0.25) is 5.91 Å². The minimum absolute atomic E-state index is 0. The first-order chi connectivity index (χ1) is 18.7. The molecule has 1 aliphatic rings. The molecule has 0 saturated carbocycles. The molecule has 2 aromatic carbocycles. The van der Waals surface area contributed by atoms with Gasteiger partial charge in [0.15, 0.2) is 5.78 Å². The van der Waals surface area contributed by atoms with Crippen LogP contribution in [0.4, 0.5) is 8.78 Å². The second-order valence-corrected chi connectivity index (χ2v) is 10.1. The van der Waals surface area contributed by atoms with Gasteiger partial charge in [-0.25, -0.2) is 18.7 Å². The van der Waals surface area contributed by atoms with E-state index < -0.39 is 18.0 Å². The van der Waals surface area contributed by atoms with Crippen molar-refractivity contribution >= 4 is 34.2 Å². The van der Waals surface area contributed by atoms with E-state index in [1.807, 2.05) is 12.1 Å². The molecule has 0 aliphatic carbocycles. The van der Waals surface area contributed by atoms with E-state index in [4.69, 9.17) is 11.6 Å². The van der Waals surface area contributed by atoms with Crippen LogP contribution in [0.1, 0.15) is 42.6 Å². The highest BCUT2D eigenvalue weighted by atomic mass is 35.5. The van der Waals surface area contributed by atoms with Crippen molar-refractivity contribution in [3.8, 4) is 11.1 Å². The van der Waals surface area contributed by atoms with Crippen LogP contribution in [-0.2, 0) is 17.9 Å². The van der Waals surface area contributed by atoms with Crippen molar-refractivity contribution < 1.29 is 18.4 Å². The number of hydrogen-bond donors (Lipinski definition) is 1. The van der Waals surface area contributed by atoms with Crippen LogP contribution >= 0.6 is 11.6 Å². The zero-order valence-corrected chi connectivity index (χ0v) is 22.3. The summed E-state index contributed by atoms with van der Waals surface area (Å²) in [4.78, 5) is 35.7. The highest BCUT2D eigenvalue weighted by Crippen LogP contribution is 2.27. The lowest BCUT2D eigenvalue weighted by atomic mass is 10.0. The van der Waals surface area contributed by atoms with Gasteiger partial charge in [-0.05, 0) is 30.7 Å². The fourth-order valence-electron chi connectivity index (χ4n) is 4.92. The molecule has 2 atom stereocenters. The third-order valence-corrected chi connectivity index (χ3v) is 7.19. The molecular weight excluding hydrogens is 538 g/mol. The summed E-state index contributed by atoms with van der Waals surface area (Å²) in [6.45, 7) is 3.53. The number of halogens is 3. The van der Waals surface area contributed by atoms with E-state index in [0.717, 1.165) is 11.1 Å². The number of rotatable bonds is 8. The number of likely N-dealkylation sites (tertiary alicyclic amines) is 1. The lowest BCUT2D eigenvalue weighted by molar-refractivity contribution is -0.132. The molecule has 11 heteroatoms. The molecule has 0 radical (unpaired) electrons. The molecule has 3 heterocycles. The first kappa shape index (κ1) is 29.2. The first-order valence-electron chi connectivity index (χ1n) is 12.6. The van der Waals surface area contributed by atoms with Crippen LogP contribution < -0.4 is 5.32 Å². The topological polar surface area (TPSA) is 93.0 Å². The Bertz CT molecular complexity index is 1540. The number of Topliss-reactive ketones (excluding diaryl/α,β-unsaturated/α-hetero) is 1. The summed E-state index contributed by atoms with van der Waals surface area (Å²) in [5.41, 5.74) is 2.87. The fourth-order valence-corrected chi connectivity index (χ4v) is 5.11. The average molecular weight is 569 g/mol. The molecule has 40 heavy (non-hydrogen) atoms. The van der Waals surface area contributed by atoms with E-state index in [-0.39, 0.29) is 55.9 Å². The zero-order valence-electron chi connectivity index (χ0n) is 21.5. The number of aryl methyl sites for hydroxylation is 1. The number of amides is 1. The second kappa shape index (κ2) is 12.2. The van der Waals surface area contributed by atoms with Gasteiger partial charge < -0.3 is 10.2 Å². The SMILES string of the molecule is C.CC(=O)c1nn(CC(=O)N2C[C@H](F)C[C@H]2CNCc2cccc(Cl)c2F)c2ccc(-c3cnc(C)nc3)cc12. The number of fused-ring (bicyclic) bond motifs is 1. The van der Waals surface area contributed by atoms with Gasteiger partial charge in [0.1, 0.15) is 30.1 Å². The lowest BCUT2D eigenvalue weighted by Gasteiger charge is -2.25. The summed E-state index contributed by atoms with van der Waals surface area (Å²) in [7, 11) is 0. The van der Waals surface area contributed by atoms with Gasteiger partial charge in [0.25, 0.3) is 0 Å². The Kier molecular flexibility index (Phi) is 8.90. The van der Waals surface area contributed by atoms with Crippen molar-refractivity contribution in [3.63, 3.8) is 0 Å². The van der Waals surface area contributed by atoms with Crippen molar-refractivity contribution in [2.75, 3.05) is 13.1 Å². The quantitative estimate of drug-likeness (QED) is 0.295. The monoisotopic (exact) mass is 568 g/mol. The molecule has 0 unspecified atom stereocenters. The number of carbonyl (C=O) groups excluding carboxylic acids is 2. The number of carbonyl (C=O) groups is 2. The molecule has 1 saturated heterocycles. The maximum atomic E-state index is 14.4. The maximum absolute atomic E-state index is 14.4. The number of hydrogen-bond acceptors (Lipinski definition) is 6. The molecule has 1 amide bonds. The molecule has 5 rings (SSSR count). The molecule has 0 bridgehead atoms. The molecule has 1 fully saturated rings. The Hall–Kier alpha value is -3.76. The number of benzene rings is 2. The van der Waals surface area contributed by atoms with Gasteiger partial charge in [-0.2, -0.15) is 5.10 Å². The number of nitrogens with zero attached hydrogens (tertiary/aromatic N) is 5. The van der Waals surface area contributed by atoms with E-state index in [1.54, 1.807) is 37.5 Å². The summed E-state index contributed by atoms with van der Waals surface area (Å²) in [5.74, 6) is -0.396. The summed E-state index contributed by atoms with van der Waals surface area (Å²) in [6.07, 6.45) is 2.43. The van der Waals surface area contributed by atoms with Gasteiger partial charge in [-0.1, -0.05) is 37.2 Å². The minimum atomic E-state index is -1.16. The Morgan fingerprint density at radius 2 is 1.90 bits per heavy atom. The van der Waals surface area contributed by atoms with E-state index in [1.165, 1.54) is 22.6 Å². The van der Waals surface area contributed by atoms with Gasteiger partial charge in [0.05, 0.1) is 17.1 Å². The largest absolute Gasteiger partial charge is 0.334 e. The maximum Gasteiger partial charge on any atom is 0.244 e.